The van der Waals surface area contributed by atoms with Crippen molar-refractivity contribution in [2.24, 2.45) is 5.41 Å². The Morgan fingerprint density at radius 3 is 2.67 bits per heavy atom. The first-order valence-electron chi connectivity index (χ1n) is 8.22. The second-order valence-corrected chi connectivity index (χ2v) is 5.74. The summed E-state index contributed by atoms with van der Waals surface area (Å²) in [6.45, 7) is -3.81. The van der Waals surface area contributed by atoms with Crippen molar-refractivity contribution in [3.8, 4) is 0 Å². The van der Waals surface area contributed by atoms with Crippen molar-refractivity contribution in [1.82, 2.24) is 9.80 Å². The number of amides is 1. The molecule has 0 radical (unpaired) electrons. The quantitative estimate of drug-likeness (QED) is 0.839. The van der Waals surface area contributed by atoms with E-state index in [1.165, 1.54) is 0 Å². The molecular weight excluding hydrogens is 278 g/mol. The van der Waals surface area contributed by atoms with E-state index < -0.39 is 31.0 Å². The topological polar surface area (TPSA) is 32.8 Å². The van der Waals surface area contributed by atoms with Crippen molar-refractivity contribution in [2.45, 2.75) is 12.5 Å². The zero-order valence-corrected chi connectivity index (χ0v) is 11.4. The van der Waals surface area contributed by atoms with Crippen molar-refractivity contribution in [3.05, 3.63) is 35.9 Å². The van der Waals surface area contributed by atoms with Gasteiger partial charge < -0.3 is 14.5 Å². The van der Waals surface area contributed by atoms with Crippen LogP contribution in [0.15, 0.2) is 30.3 Å². The number of nitrogens with zero attached hydrogens (tertiary/aromatic N) is 2. The number of alkyl halides is 2. The predicted octanol–water partition coefficient (Wildman–Crippen LogP) is 2.21. The van der Waals surface area contributed by atoms with Gasteiger partial charge in [-0.15, -0.1) is 0 Å². The molecule has 1 aromatic carbocycles. The maximum atomic E-state index is 14.3. The molecule has 2 aliphatic heterocycles. The molecule has 4 nitrogen and oxygen atoms in total. The van der Waals surface area contributed by atoms with Gasteiger partial charge in [0.15, 0.2) is 0 Å². The summed E-state index contributed by atoms with van der Waals surface area (Å²) in [6.07, 6.45) is -0.803. The van der Waals surface area contributed by atoms with Crippen LogP contribution in [0.2, 0.25) is 0 Å². The van der Waals surface area contributed by atoms with Crippen LogP contribution in [0.1, 0.15) is 9.68 Å². The van der Waals surface area contributed by atoms with Gasteiger partial charge in [-0.3, -0.25) is 0 Å². The van der Waals surface area contributed by atoms with E-state index in [9.17, 15) is 13.6 Å². The van der Waals surface area contributed by atoms with Gasteiger partial charge in [0.1, 0.15) is 6.61 Å². The van der Waals surface area contributed by atoms with Crippen LogP contribution < -0.4 is 0 Å². The van der Waals surface area contributed by atoms with Gasteiger partial charge in [-0.2, -0.15) is 0 Å². The number of hydrogen-bond donors (Lipinski definition) is 0. The van der Waals surface area contributed by atoms with Crippen LogP contribution >= 0.6 is 0 Å². The van der Waals surface area contributed by atoms with Gasteiger partial charge in [0.05, 0.1) is 12.0 Å². The molecule has 0 aliphatic carbocycles. The van der Waals surface area contributed by atoms with E-state index in [-0.39, 0.29) is 26.2 Å². The van der Waals surface area contributed by atoms with Crippen LogP contribution in [0.25, 0.3) is 0 Å². The molecular formula is C15H18F2N2O2. The van der Waals surface area contributed by atoms with Gasteiger partial charge in [0.2, 0.25) is 0 Å². The highest BCUT2D eigenvalue weighted by atomic mass is 19.3. The Morgan fingerprint density at radius 2 is 2.00 bits per heavy atom. The summed E-state index contributed by atoms with van der Waals surface area (Å²) in [6, 6.07) is 8.95. The van der Waals surface area contributed by atoms with Gasteiger partial charge in [0, 0.05) is 23.7 Å². The molecule has 114 valence electrons. The van der Waals surface area contributed by atoms with Gasteiger partial charge in [-0.1, -0.05) is 30.3 Å². The molecule has 2 saturated heterocycles. The Morgan fingerprint density at radius 1 is 1.29 bits per heavy atom. The first-order chi connectivity index (χ1) is 11.1. The molecule has 0 N–H and O–H groups in total. The normalized spacial score (nSPS) is 25.8. The van der Waals surface area contributed by atoms with Gasteiger partial charge in [0.25, 0.3) is 5.92 Å². The molecule has 2 aliphatic rings. The van der Waals surface area contributed by atoms with E-state index in [1.807, 2.05) is 6.07 Å². The third-order valence-corrected chi connectivity index (χ3v) is 4.11. The standard InChI is InChI=1S/C15H18F2N2O2/c1-18-8-14(9-18)10-19(11-15(14,16)17)13(20)21-7-12-5-3-2-4-6-12/h2-6H,7-11H2,1H3/i1D3. The number of rotatable bonds is 2. The molecule has 0 atom stereocenters. The fourth-order valence-corrected chi connectivity index (χ4v) is 2.90. The van der Waals surface area contributed by atoms with Gasteiger partial charge in [-0.25, -0.2) is 13.6 Å². The summed E-state index contributed by atoms with van der Waals surface area (Å²) in [7, 11) is 0. The maximum Gasteiger partial charge on any atom is 0.410 e. The van der Waals surface area contributed by atoms with Crippen molar-refractivity contribution < 1.29 is 22.4 Å². The average Bonchev–Trinajstić information content (AvgIpc) is 2.75. The number of benzene rings is 1. The minimum Gasteiger partial charge on any atom is -0.445 e. The van der Waals surface area contributed by atoms with Crippen LogP contribution in [-0.4, -0.2) is 55.0 Å². The lowest BCUT2D eigenvalue weighted by Gasteiger charge is -2.48. The largest absolute Gasteiger partial charge is 0.445 e. The molecule has 0 saturated carbocycles. The van der Waals surface area contributed by atoms with Crippen LogP contribution in [0.4, 0.5) is 13.6 Å². The molecule has 21 heavy (non-hydrogen) atoms. The summed E-state index contributed by atoms with van der Waals surface area (Å²) in [5.74, 6) is -3.12. The number of hydrogen-bond acceptors (Lipinski definition) is 3. The SMILES string of the molecule is [2H]C([2H])([2H])N1CC2(CN(C(=O)OCc3ccccc3)CC2(F)F)C1. The third kappa shape index (κ3) is 2.48. The predicted molar refractivity (Wildman–Crippen MR) is 73.1 cm³/mol. The number of carbonyl (C=O) groups excluding carboxylic acids is 1. The Bertz CT molecular complexity index is 619. The van der Waals surface area contributed by atoms with E-state index in [1.54, 1.807) is 24.3 Å². The molecule has 2 fully saturated rings. The number of halogens is 2. The fraction of sp³-hybridized carbons (Fsp3) is 0.533. The lowest BCUT2D eigenvalue weighted by atomic mass is 9.77. The van der Waals surface area contributed by atoms with Crippen molar-refractivity contribution >= 4 is 6.09 Å². The second kappa shape index (κ2) is 4.94. The smallest absolute Gasteiger partial charge is 0.410 e. The molecule has 0 aromatic heterocycles. The summed E-state index contributed by atoms with van der Waals surface area (Å²) in [5, 5.41) is 0. The fourth-order valence-electron chi connectivity index (χ4n) is 2.90. The zero-order valence-electron chi connectivity index (χ0n) is 14.4. The van der Waals surface area contributed by atoms with Crippen LogP contribution in [0.5, 0.6) is 0 Å². The molecule has 1 amide bonds. The minimum absolute atomic E-state index is 0.0101. The summed E-state index contributed by atoms with van der Waals surface area (Å²) in [4.78, 5) is 14.1. The molecule has 0 unspecified atom stereocenters. The van der Waals surface area contributed by atoms with Crippen LogP contribution in [-0.2, 0) is 11.3 Å². The van der Waals surface area contributed by atoms with E-state index in [0.717, 1.165) is 15.4 Å². The van der Waals surface area contributed by atoms with E-state index >= 15 is 0 Å². The second-order valence-electron chi connectivity index (χ2n) is 5.74. The van der Waals surface area contributed by atoms with E-state index in [0.29, 0.717) is 0 Å². The molecule has 3 rings (SSSR count). The third-order valence-electron chi connectivity index (χ3n) is 4.11. The highest BCUT2D eigenvalue weighted by Crippen LogP contribution is 2.49. The average molecular weight is 299 g/mol. The summed E-state index contributed by atoms with van der Waals surface area (Å²) < 4.78 is 55.5. The highest BCUT2D eigenvalue weighted by molar-refractivity contribution is 5.68. The van der Waals surface area contributed by atoms with Gasteiger partial charge in [-0.05, 0) is 12.5 Å². The van der Waals surface area contributed by atoms with Crippen molar-refractivity contribution in [3.63, 3.8) is 0 Å². The Balaban J connectivity index is 1.60. The number of carbonyl (C=O) groups is 1. The van der Waals surface area contributed by atoms with Gasteiger partial charge >= 0.3 is 6.09 Å². The number of likely N-dealkylation sites (tertiary alicyclic amines) is 2. The molecule has 1 aromatic rings. The summed E-state index contributed by atoms with van der Waals surface area (Å²) >= 11 is 0. The van der Waals surface area contributed by atoms with E-state index in [4.69, 9.17) is 8.85 Å². The monoisotopic (exact) mass is 299 g/mol. The minimum atomic E-state index is -3.12. The first-order valence-corrected chi connectivity index (χ1v) is 6.72. The lowest BCUT2D eigenvalue weighted by molar-refractivity contribution is -0.149. The Hall–Kier alpha value is -1.69. The Kier molecular flexibility index (Phi) is 2.58. The Labute approximate surface area is 126 Å². The molecule has 0 bridgehead atoms. The maximum absolute atomic E-state index is 14.3. The zero-order chi connectivity index (χ0) is 17.6. The van der Waals surface area contributed by atoms with E-state index in [2.05, 4.69) is 0 Å². The number of ether oxygens (including phenoxy) is 1. The molecule has 1 spiro atoms. The van der Waals surface area contributed by atoms with Crippen LogP contribution in [0.3, 0.4) is 0 Å². The molecule has 6 heteroatoms. The van der Waals surface area contributed by atoms with Crippen molar-refractivity contribution in [2.75, 3.05) is 33.2 Å². The summed E-state index contributed by atoms with van der Waals surface area (Å²) in [5.41, 5.74) is -0.726. The van der Waals surface area contributed by atoms with Crippen LogP contribution in [0, 0.1) is 5.41 Å². The lowest BCUT2D eigenvalue weighted by Crippen LogP contribution is -2.63. The molecule has 2 heterocycles. The van der Waals surface area contributed by atoms with Crippen molar-refractivity contribution in [1.29, 1.82) is 0 Å². The first kappa shape index (κ1) is 11.0. The highest BCUT2D eigenvalue weighted by Gasteiger charge is 2.65.